The molecule has 0 unspecified atom stereocenters. The van der Waals surface area contributed by atoms with E-state index < -0.39 is 0 Å². The first-order valence-corrected chi connectivity index (χ1v) is 27.6. The number of nitrogens with zero attached hydrogens (tertiary/aromatic N) is 6. The first kappa shape index (κ1) is 41.8. The second-order valence-corrected chi connectivity index (χ2v) is 22.6. The van der Waals surface area contributed by atoms with Gasteiger partial charge in [-0.2, -0.15) is 10.5 Å². The van der Waals surface area contributed by atoms with Crippen LogP contribution in [0.25, 0.3) is 154 Å². The molecule has 0 aliphatic carbocycles. The van der Waals surface area contributed by atoms with Crippen molar-refractivity contribution in [3.8, 4) is 40.5 Å². The molecule has 0 aliphatic heterocycles. The highest BCUT2D eigenvalue weighted by molar-refractivity contribution is 7.27. The van der Waals surface area contributed by atoms with Crippen molar-refractivity contribution >= 4 is 160 Å². The molecule has 9 heteroatoms. The summed E-state index contributed by atoms with van der Waals surface area (Å²) in [4.78, 5) is 5.34. The molecule has 7 heterocycles. The fourth-order valence-corrected chi connectivity index (χ4v) is 16.5. The summed E-state index contributed by atoms with van der Waals surface area (Å²) < 4.78 is 14.0. The summed E-state index contributed by atoms with van der Waals surface area (Å²) >= 11 is 5.33. The van der Waals surface area contributed by atoms with Gasteiger partial charge in [0.25, 0.3) is 0 Å². The summed E-state index contributed by atoms with van der Waals surface area (Å²) in [5, 5.41) is 38.2. The Morgan fingerprint density at radius 1 is 0.316 bits per heavy atom. The van der Waals surface area contributed by atoms with Gasteiger partial charge in [-0.15, -0.1) is 34.0 Å². The monoisotopic (exact) mass is 1020 g/mol. The lowest BCUT2D eigenvalue weighted by Gasteiger charge is -2.26. The summed E-state index contributed by atoms with van der Waals surface area (Å²) in [6, 6.07) is 76.8. The quantitative estimate of drug-likeness (QED) is 0.176. The van der Waals surface area contributed by atoms with E-state index in [9.17, 15) is 10.5 Å². The molecule has 6 nitrogen and oxygen atoms in total. The van der Waals surface area contributed by atoms with Crippen LogP contribution in [-0.4, -0.2) is 18.7 Å². The lowest BCUT2D eigenvalue weighted by Crippen LogP contribution is -2.14. The van der Waals surface area contributed by atoms with E-state index in [-0.39, 0.29) is 11.1 Å². The van der Waals surface area contributed by atoms with Crippen LogP contribution in [0.1, 0.15) is 11.1 Å². The predicted octanol–water partition coefficient (Wildman–Crippen LogP) is 18.9. The SMILES string of the molecule is N#Cc1c(C#N)c(-n2c3ccccc3c3ccc4c5ccccc5sc4c32)c(-n2c3ccccc3c3ccc4c5ccccc5sc4c32)c(-c2ccccn2)c1-n1c2ccccc2c2ccc3c4ccccc4sc3c21. The molecular weight excluding hydrogens is 985 g/mol. The molecule has 0 atom stereocenters. The van der Waals surface area contributed by atoms with Crippen molar-refractivity contribution in [2.75, 3.05) is 0 Å². The third kappa shape index (κ3) is 5.38. The van der Waals surface area contributed by atoms with Gasteiger partial charge >= 0.3 is 0 Å². The van der Waals surface area contributed by atoms with Gasteiger partial charge in [-0.05, 0) is 48.5 Å². The van der Waals surface area contributed by atoms with Crippen LogP contribution in [0.2, 0.25) is 0 Å². The van der Waals surface area contributed by atoms with Crippen molar-refractivity contribution in [1.82, 2.24) is 18.7 Å². The van der Waals surface area contributed by atoms with E-state index in [1.54, 1.807) is 34.0 Å². The molecule has 0 spiro atoms. The van der Waals surface area contributed by atoms with Crippen molar-refractivity contribution in [2.24, 2.45) is 0 Å². The van der Waals surface area contributed by atoms with Crippen LogP contribution in [0, 0.1) is 22.7 Å². The van der Waals surface area contributed by atoms with Crippen LogP contribution < -0.4 is 0 Å². The molecular formula is C67H34N6S3. The Labute approximate surface area is 444 Å². The number of hydrogen-bond donors (Lipinski definition) is 0. The Balaban J connectivity index is 1.20. The largest absolute Gasteiger partial charge is 0.306 e. The summed E-state index contributed by atoms with van der Waals surface area (Å²) in [5.74, 6) is 0. The highest BCUT2D eigenvalue weighted by Crippen LogP contribution is 2.53. The van der Waals surface area contributed by atoms with E-state index in [0.717, 1.165) is 107 Å². The van der Waals surface area contributed by atoms with Crippen LogP contribution in [0.4, 0.5) is 0 Å². The predicted molar refractivity (Wildman–Crippen MR) is 321 cm³/mol. The average molecular weight is 1020 g/mol. The van der Waals surface area contributed by atoms with E-state index in [4.69, 9.17) is 4.98 Å². The summed E-state index contributed by atoms with van der Waals surface area (Å²) in [7, 11) is 0. The summed E-state index contributed by atoms with van der Waals surface area (Å²) in [6.45, 7) is 0. The number of nitriles is 2. The first-order chi connectivity index (χ1) is 37.7. The molecule has 0 radical (unpaired) electrons. The minimum Gasteiger partial charge on any atom is -0.306 e. The van der Waals surface area contributed by atoms with Gasteiger partial charge in [0.1, 0.15) is 12.1 Å². The number of para-hydroxylation sites is 3. The van der Waals surface area contributed by atoms with Crippen molar-refractivity contribution in [1.29, 1.82) is 10.5 Å². The molecule has 350 valence electrons. The standard InChI is InChI=1S/C67H34N6S3/c68-35-49-50(36-69)60(72-53-23-8-2-16-38(53)44-29-32-47-41-19-5-11-26-56(41)75-66(47)62(44)72)64(73-54-24-9-3-17-39(54)45-30-33-48-42-20-6-12-27-57(42)76-67(48)63(45)73)58(51-21-13-14-34-70-51)59(49)71-52-22-7-1-15-37(52)43-28-31-46-40-18-4-10-25-55(40)74-65(46)61(43)71/h1-34H. The van der Waals surface area contributed by atoms with E-state index >= 15 is 0 Å². The maximum atomic E-state index is 12.5. The van der Waals surface area contributed by atoms with Gasteiger partial charge < -0.3 is 13.7 Å². The minimum absolute atomic E-state index is 0.268. The Bertz CT molecular complexity index is 5510. The molecule has 10 aromatic carbocycles. The highest BCUT2D eigenvalue weighted by atomic mass is 32.1. The fraction of sp³-hybridized carbons (Fsp3) is 0. The van der Waals surface area contributed by atoms with E-state index in [1.165, 1.54) is 30.3 Å². The van der Waals surface area contributed by atoms with Crippen LogP contribution in [0.3, 0.4) is 0 Å². The number of fused-ring (bicyclic) bond motifs is 21. The van der Waals surface area contributed by atoms with Crippen molar-refractivity contribution in [3.05, 3.63) is 218 Å². The van der Waals surface area contributed by atoms with Crippen molar-refractivity contribution in [3.63, 3.8) is 0 Å². The molecule has 0 bridgehead atoms. The second kappa shape index (κ2) is 15.5. The van der Waals surface area contributed by atoms with Crippen molar-refractivity contribution in [2.45, 2.75) is 0 Å². The molecule has 0 saturated heterocycles. The number of pyridine rings is 1. The lowest BCUT2D eigenvalue weighted by atomic mass is 9.93. The lowest BCUT2D eigenvalue weighted by molar-refractivity contribution is 1.07. The van der Waals surface area contributed by atoms with Gasteiger partial charge in [-0.3, -0.25) is 4.98 Å². The Morgan fingerprint density at radius 3 is 1.07 bits per heavy atom. The van der Waals surface area contributed by atoms with Crippen molar-refractivity contribution < 1.29 is 0 Å². The number of benzene rings is 10. The zero-order valence-electron chi connectivity index (χ0n) is 40.0. The minimum atomic E-state index is 0.268. The van der Waals surface area contributed by atoms with Gasteiger partial charge in [0.05, 0.1) is 86.6 Å². The molecule has 0 aliphatic rings. The molecule has 76 heavy (non-hydrogen) atoms. The van der Waals surface area contributed by atoms with Crippen LogP contribution in [-0.2, 0) is 0 Å². The Kier molecular flexibility index (Phi) is 8.51. The molecule has 0 N–H and O–H groups in total. The fourth-order valence-electron chi connectivity index (χ4n) is 12.7. The maximum absolute atomic E-state index is 12.5. The zero-order chi connectivity index (χ0) is 49.9. The van der Waals surface area contributed by atoms with Crippen LogP contribution in [0.5, 0.6) is 0 Å². The van der Waals surface area contributed by atoms with Crippen LogP contribution >= 0.6 is 34.0 Å². The molecule has 7 aromatic heterocycles. The number of thiophene rings is 3. The van der Waals surface area contributed by atoms with E-state index in [1.807, 2.05) is 18.3 Å². The third-order valence-electron chi connectivity index (χ3n) is 15.8. The normalized spacial score (nSPS) is 12.2. The first-order valence-electron chi connectivity index (χ1n) is 25.2. The smallest absolute Gasteiger partial charge is 0.103 e. The number of rotatable bonds is 4. The molecule has 0 amide bonds. The van der Waals surface area contributed by atoms with Gasteiger partial charge in [-0.25, -0.2) is 0 Å². The summed E-state index contributed by atoms with van der Waals surface area (Å²) in [5.41, 5.74) is 9.76. The third-order valence-corrected chi connectivity index (χ3v) is 19.4. The van der Waals surface area contributed by atoms with Gasteiger partial charge in [-0.1, -0.05) is 152 Å². The Hall–Kier alpha value is -9.61. The molecule has 17 aromatic rings. The topological polar surface area (TPSA) is 75.3 Å². The average Bonchev–Trinajstić information content (AvgIpc) is 4.48. The highest BCUT2D eigenvalue weighted by Gasteiger charge is 2.35. The second-order valence-electron chi connectivity index (χ2n) is 19.5. The zero-order valence-corrected chi connectivity index (χ0v) is 42.5. The molecule has 17 rings (SSSR count). The number of aromatic nitrogens is 4. The van der Waals surface area contributed by atoms with Gasteiger partial charge in [0, 0.05) is 84.9 Å². The van der Waals surface area contributed by atoms with Crippen LogP contribution in [0.15, 0.2) is 206 Å². The number of hydrogen-bond acceptors (Lipinski definition) is 6. The Morgan fingerprint density at radius 2 is 0.658 bits per heavy atom. The van der Waals surface area contributed by atoms with E-state index in [0.29, 0.717) is 17.1 Å². The molecule has 0 fully saturated rings. The van der Waals surface area contributed by atoms with Gasteiger partial charge in [0.2, 0.25) is 0 Å². The van der Waals surface area contributed by atoms with Gasteiger partial charge in [0.15, 0.2) is 0 Å². The molecule has 0 saturated carbocycles. The summed E-state index contributed by atoms with van der Waals surface area (Å²) in [6.07, 6.45) is 1.85. The maximum Gasteiger partial charge on any atom is 0.103 e. The van der Waals surface area contributed by atoms with E-state index in [2.05, 4.69) is 214 Å².